The Labute approximate surface area is 110 Å². The normalized spacial score (nSPS) is 17.2. The number of hydrogen-bond donors (Lipinski definition) is 3. The maximum Gasteiger partial charge on any atom is 0.152 e. The number of aromatic hydroxyl groups is 1. The Hall–Kier alpha value is -2.76. The molecule has 1 aliphatic rings. The van der Waals surface area contributed by atoms with E-state index in [4.69, 9.17) is 16.3 Å². The molecule has 0 aliphatic carbocycles. The second-order valence-electron chi connectivity index (χ2n) is 4.16. The number of hydrogen-bond acceptors (Lipinski definition) is 5. The Kier molecular flexibility index (Phi) is 3.51. The molecular weight excluding hydrogens is 240 g/mol. The van der Waals surface area contributed by atoms with Crippen LogP contribution >= 0.6 is 0 Å². The molecule has 1 saturated heterocycles. The first kappa shape index (κ1) is 12.7. The van der Waals surface area contributed by atoms with E-state index < -0.39 is 0 Å². The highest BCUT2D eigenvalue weighted by atomic mass is 16.3. The Morgan fingerprint density at radius 1 is 1.32 bits per heavy atom. The third kappa shape index (κ3) is 2.92. The lowest BCUT2D eigenvalue weighted by Crippen LogP contribution is -2.10. The molecule has 2 rings (SSSR count). The Balaban J connectivity index is 2.42. The highest BCUT2D eigenvalue weighted by Crippen LogP contribution is 2.23. The minimum Gasteiger partial charge on any atom is -0.508 e. The molecule has 0 unspecified atom stereocenters. The van der Waals surface area contributed by atoms with Crippen molar-refractivity contribution in [1.82, 2.24) is 5.32 Å². The fourth-order valence-corrected chi connectivity index (χ4v) is 1.68. The van der Waals surface area contributed by atoms with Crippen LogP contribution in [-0.2, 0) is 0 Å². The zero-order valence-electron chi connectivity index (χ0n) is 10.1. The Morgan fingerprint density at radius 3 is 2.37 bits per heavy atom. The monoisotopic (exact) mass is 252 g/mol. The van der Waals surface area contributed by atoms with Gasteiger partial charge < -0.3 is 16.2 Å². The second kappa shape index (κ2) is 5.26. The van der Waals surface area contributed by atoms with E-state index in [2.05, 4.69) is 5.32 Å². The van der Waals surface area contributed by atoms with Gasteiger partial charge in [0, 0.05) is 12.6 Å². The predicted molar refractivity (Wildman–Crippen MR) is 70.3 cm³/mol. The maximum absolute atomic E-state index is 9.23. The molecule has 19 heavy (non-hydrogen) atoms. The van der Waals surface area contributed by atoms with Crippen molar-refractivity contribution < 1.29 is 5.11 Å². The van der Waals surface area contributed by atoms with Crippen molar-refractivity contribution in [2.75, 3.05) is 6.54 Å². The van der Waals surface area contributed by atoms with E-state index in [0.29, 0.717) is 0 Å². The molecule has 0 bridgehead atoms. The average Bonchev–Trinajstić information content (AvgIpc) is 3.23. The number of phenols is 1. The van der Waals surface area contributed by atoms with Gasteiger partial charge in [-0.1, -0.05) is 12.1 Å². The molecule has 0 spiro atoms. The minimum atomic E-state index is -0.0845. The quantitative estimate of drug-likeness (QED) is 0.421. The van der Waals surface area contributed by atoms with E-state index >= 15 is 0 Å². The summed E-state index contributed by atoms with van der Waals surface area (Å²) < 4.78 is 0. The summed E-state index contributed by atoms with van der Waals surface area (Å²) in [6.07, 6.45) is 1.81. The summed E-state index contributed by atoms with van der Waals surface area (Å²) in [7, 11) is 0. The number of nitrogens with two attached hydrogens (primary N) is 1. The van der Waals surface area contributed by atoms with Gasteiger partial charge in [-0.2, -0.15) is 10.5 Å². The van der Waals surface area contributed by atoms with Crippen molar-refractivity contribution in [3.05, 3.63) is 46.7 Å². The first-order valence-corrected chi connectivity index (χ1v) is 5.70. The largest absolute Gasteiger partial charge is 0.508 e. The van der Waals surface area contributed by atoms with Crippen molar-refractivity contribution in [1.29, 1.82) is 10.5 Å². The molecule has 0 saturated carbocycles. The molecule has 1 aromatic rings. The highest BCUT2D eigenvalue weighted by molar-refractivity contribution is 5.64. The van der Waals surface area contributed by atoms with Crippen LogP contribution in [0, 0.1) is 22.7 Å². The maximum atomic E-state index is 9.23. The average molecular weight is 252 g/mol. The molecule has 0 aromatic heterocycles. The first-order chi connectivity index (χ1) is 9.15. The van der Waals surface area contributed by atoms with Crippen LogP contribution in [0.15, 0.2) is 41.1 Å². The topological polar surface area (TPSA) is 116 Å². The van der Waals surface area contributed by atoms with E-state index in [1.807, 2.05) is 6.08 Å². The number of nitrogens with one attached hydrogen (secondary N) is 1. The highest BCUT2D eigenvalue weighted by Gasteiger charge is 2.27. The lowest BCUT2D eigenvalue weighted by Gasteiger charge is -2.06. The summed E-state index contributed by atoms with van der Waals surface area (Å²) in [5.74, 6) is 0.182. The third-order valence-electron chi connectivity index (χ3n) is 2.80. The summed E-state index contributed by atoms with van der Waals surface area (Å²) in [5, 5.41) is 30.0. The van der Waals surface area contributed by atoms with Gasteiger partial charge in [0.2, 0.25) is 0 Å². The smallest absolute Gasteiger partial charge is 0.152 e. The van der Waals surface area contributed by atoms with Gasteiger partial charge in [0.05, 0.1) is 5.70 Å². The summed E-state index contributed by atoms with van der Waals surface area (Å²) >= 11 is 0. The van der Waals surface area contributed by atoms with Gasteiger partial charge >= 0.3 is 0 Å². The second-order valence-corrected chi connectivity index (χ2v) is 4.16. The van der Waals surface area contributed by atoms with E-state index in [0.717, 1.165) is 17.7 Å². The number of nitrogens with zero attached hydrogens (tertiary/aromatic N) is 2. The standard InChI is InChI=1S/C14H12N4O/c15-6-10(7-16)14(17)12(13-8-18-13)5-9-1-3-11(19)4-2-9/h1-5,13,18-19H,8,17H2/b12-5+/t13-/m0/s1. The van der Waals surface area contributed by atoms with Crippen molar-refractivity contribution in [3.8, 4) is 17.9 Å². The minimum absolute atomic E-state index is 0.0745. The van der Waals surface area contributed by atoms with Crippen LogP contribution in [0.3, 0.4) is 0 Å². The van der Waals surface area contributed by atoms with Gasteiger partial charge in [-0.15, -0.1) is 0 Å². The molecule has 1 aromatic carbocycles. The lowest BCUT2D eigenvalue weighted by molar-refractivity contribution is 0.475. The molecule has 1 atom stereocenters. The fraction of sp³-hybridized carbons (Fsp3) is 0.143. The van der Waals surface area contributed by atoms with Gasteiger partial charge in [-0.05, 0) is 29.3 Å². The van der Waals surface area contributed by atoms with Crippen LogP contribution in [0.1, 0.15) is 5.56 Å². The van der Waals surface area contributed by atoms with Gasteiger partial charge in [0.25, 0.3) is 0 Å². The van der Waals surface area contributed by atoms with Crippen LogP contribution in [0.25, 0.3) is 6.08 Å². The zero-order valence-corrected chi connectivity index (χ0v) is 10.1. The summed E-state index contributed by atoms with van der Waals surface area (Å²) in [6, 6.07) is 10.3. The van der Waals surface area contributed by atoms with Crippen molar-refractivity contribution >= 4 is 6.08 Å². The van der Waals surface area contributed by atoms with Crippen molar-refractivity contribution in [2.24, 2.45) is 5.73 Å². The Morgan fingerprint density at radius 2 is 1.89 bits per heavy atom. The number of phenolic OH excluding ortho intramolecular Hbond substituents is 1. The molecule has 5 heteroatoms. The van der Waals surface area contributed by atoms with E-state index in [1.165, 1.54) is 0 Å². The fourth-order valence-electron chi connectivity index (χ4n) is 1.68. The van der Waals surface area contributed by atoms with Crippen molar-refractivity contribution in [3.63, 3.8) is 0 Å². The molecular formula is C14H12N4O. The summed E-state index contributed by atoms with van der Waals surface area (Å²) in [4.78, 5) is 0. The van der Waals surface area contributed by atoms with Crippen LogP contribution in [0.4, 0.5) is 0 Å². The van der Waals surface area contributed by atoms with Crippen LogP contribution < -0.4 is 11.1 Å². The number of allylic oxidation sites excluding steroid dienone is 1. The molecule has 0 amide bonds. The van der Waals surface area contributed by atoms with Crippen LogP contribution in [0.5, 0.6) is 5.75 Å². The number of nitriles is 2. The third-order valence-corrected chi connectivity index (χ3v) is 2.80. The molecule has 1 heterocycles. The molecule has 1 aliphatic heterocycles. The predicted octanol–water partition coefficient (Wildman–Crippen LogP) is 1.01. The molecule has 4 N–H and O–H groups in total. The summed E-state index contributed by atoms with van der Waals surface area (Å²) in [6.45, 7) is 0.773. The van der Waals surface area contributed by atoms with E-state index in [9.17, 15) is 5.11 Å². The molecule has 94 valence electrons. The SMILES string of the molecule is N#CC(C#N)=C(N)/C(=C/c1ccc(O)cc1)[C@@H]1CN1. The molecule has 5 nitrogen and oxygen atoms in total. The van der Waals surface area contributed by atoms with Gasteiger partial charge in [-0.3, -0.25) is 0 Å². The van der Waals surface area contributed by atoms with E-state index in [-0.39, 0.29) is 23.1 Å². The molecule has 1 fully saturated rings. The van der Waals surface area contributed by atoms with Crippen molar-refractivity contribution in [2.45, 2.75) is 6.04 Å². The van der Waals surface area contributed by atoms with E-state index in [1.54, 1.807) is 36.4 Å². The summed E-state index contributed by atoms with van der Waals surface area (Å²) in [5.41, 5.74) is 7.57. The number of rotatable bonds is 3. The van der Waals surface area contributed by atoms with Crippen LogP contribution in [0.2, 0.25) is 0 Å². The van der Waals surface area contributed by atoms with Crippen LogP contribution in [-0.4, -0.2) is 17.7 Å². The van der Waals surface area contributed by atoms with Gasteiger partial charge in [0.1, 0.15) is 17.9 Å². The van der Waals surface area contributed by atoms with Gasteiger partial charge in [-0.25, -0.2) is 0 Å². The first-order valence-electron chi connectivity index (χ1n) is 5.70. The lowest BCUT2D eigenvalue weighted by atomic mass is 10.0. The zero-order chi connectivity index (χ0) is 13.8. The number of benzene rings is 1. The Bertz CT molecular complexity index is 609. The molecule has 0 radical (unpaired) electrons. The van der Waals surface area contributed by atoms with Gasteiger partial charge in [0.15, 0.2) is 5.57 Å².